The normalized spacial score (nSPS) is 26.8. The fourth-order valence-corrected chi connectivity index (χ4v) is 2.48. The maximum absolute atomic E-state index is 12.7. The van der Waals surface area contributed by atoms with E-state index in [4.69, 9.17) is 0 Å². The van der Waals surface area contributed by atoms with Crippen molar-refractivity contribution in [2.45, 2.75) is 51.7 Å². The van der Waals surface area contributed by atoms with Gasteiger partial charge in [-0.3, -0.25) is 14.3 Å². The molecule has 1 fully saturated rings. The fourth-order valence-electron chi connectivity index (χ4n) is 2.48. The predicted octanol–water partition coefficient (Wildman–Crippen LogP) is 0.221. The number of aryl methyl sites for hydroxylation is 1. The van der Waals surface area contributed by atoms with E-state index >= 15 is 0 Å². The first kappa shape index (κ1) is 14.5. The van der Waals surface area contributed by atoms with E-state index in [1.54, 1.807) is 29.7 Å². The Morgan fingerprint density at radius 1 is 1.40 bits per heavy atom. The minimum atomic E-state index is -0.828. The maximum atomic E-state index is 12.7. The van der Waals surface area contributed by atoms with Gasteiger partial charge in [-0.2, -0.15) is 0 Å². The number of rotatable bonds is 4. The molecule has 7 heteroatoms. The summed E-state index contributed by atoms with van der Waals surface area (Å²) < 4.78 is 1.59. The number of aromatic nitrogens is 3. The van der Waals surface area contributed by atoms with Crippen LogP contribution in [0.4, 0.5) is 0 Å². The molecule has 0 aliphatic carbocycles. The number of carbonyl (C=O) groups excluding carboxylic acids is 2. The second-order valence-corrected chi connectivity index (χ2v) is 5.42. The SMILES string of the molecule is CCC1C(=O)NC(C)(CC)C(=O)N1Cc1cn(C)nn1. The van der Waals surface area contributed by atoms with Crippen molar-refractivity contribution in [1.29, 1.82) is 0 Å². The Bertz CT molecular complexity index is 527. The van der Waals surface area contributed by atoms with Crippen LogP contribution in [0.5, 0.6) is 0 Å². The zero-order valence-corrected chi connectivity index (χ0v) is 12.4. The molecule has 20 heavy (non-hydrogen) atoms. The molecule has 1 aromatic heterocycles. The number of nitrogens with one attached hydrogen (secondary N) is 1. The van der Waals surface area contributed by atoms with Crippen LogP contribution in [0.2, 0.25) is 0 Å². The Balaban J connectivity index is 2.29. The first-order chi connectivity index (χ1) is 9.41. The number of carbonyl (C=O) groups is 2. The number of hydrogen-bond donors (Lipinski definition) is 1. The van der Waals surface area contributed by atoms with Gasteiger partial charge < -0.3 is 10.2 Å². The molecule has 1 saturated heterocycles. The van der Waals surface area contributed by atoms with Gasteiger partial charge in [0.05, 0.1) is 6.54 Å². The Kier molecular flexibility index (Phi) is 3.78. The summed E-state index contributed by atoms with van der Waals surface area (Å²) in [4.78, 5) is 26.5. The third-order valence-electron chi connectivity index (χ3n) is 3.89. The molecule has 1 aliphatic rings. The van der Waals surface area contributed by atoms with E-state index in [1.807, 2.05) is 13.8 Å². The molecular formula is C13H21N5O2. The molecule has 0 spiro atoms. The van der Waals surface area contributed by atoms with Crippen LogP contribution in [-0.2, 0) is 23.2 Å². The Labute approximate surface area is 118 Å². The van der Waals surface area contributed by atoms with Crippen LogP contribution in [0, 0.1) is 0 Å². The molecule has 0 aromatic carbocycles. The highest BCUT2D eigenvalue weighted by Crippen LogP contribution is 2.24. The molecule has 1 aliphatic heterocycles. The van der Waals surface area contributed by atoms with Crippen molar-refractivity contribution in [3.05, 3.63) is 11.9 Å². The molecule has 7 nitrogen and oxygen atoms in total. The average Bonchev–Trinajstić information content (AvgIpc) is 2.81. The van der Waals surface area contributed by atoms with Crippen molar-refractivity contribution >= 4 is 11.8 Å². The molecule has 2 atom stereocenters. The minimum absolute atomic E-state index is 0.0582. The van der Waals surface area contributed by atoms with Crippen molar-refractivity contribution in [2.24, 2.45) is 7.05 Å². The van der Waals surface area contributed by atoms with Crippen molar-refractivity contribution in [2.75, 3.05) is 0 Å². The van der Waals surface area contributed by atoms with Gasteiger partial charge >= 0.3 is 0 Å². The van der Waals surface area contributed by atoms with Crippen LogP contribution in [0.15, 0.2) is 6.20 Å². The number of hydrogen-bond acceptors (Lipinski definition) is 4. The molecule has 2 unspecified atom stereocenters. The fraction of sp³-hybridized carbons (Fsp3) is 0.692. The van der Waals surface area contributed by atoms with E-state index in [2.05, 4.69) is 15.6 Å². The van der Waals surface area contributed by atoms with Crippen molar-refractivity contribution in [1.82, 2.24) is 25.2 Å². The molecule has 1 N–H and O–H groups in total. The monoisotopic (exact) mass is 279 g/mol. The summed E-state index contributed by atoms with van der Waals surface area (Å²) in [6.45, 7) is 5.87. The van der Waals surface area contributed by atoms with E-state index in [0.29, 0.717) is 25.1 Å². The van der Waals surface area contributed by atoms with Crippen LogP contribution >= 0.6 is 0 Å². The Morgan fingerprint density at radius 3 is 2.60 bits per heavy atom. The van der Waals surface area contributed by atoms with Gasteiger partial charge in [0.25, 0.3) is 0 Å². The summed E-state index contributed by atoms with van der Waals surface area (Å²) in [5.41, 5.74) is -0.141. The standard InChI is InChI=1S/C13H21N5O2/c1-5-10-11(19)14-13(3,6-2)12(20)18(10)8-9-7-17(4)16-15-9/h7,10H,5-6,8H2,1-4H3,(H,14,19). The third kappa shape index (κ3) is 2.39. The summed E-state index contributed by atoms with van der Waals surface area (Å²) in [5, 5.41) is 10.7. The van der Waals surface area contributed by atoms with E-state index in [9.17, 15) is 9.59 Å². The first-order valence-corrected chi connectivity index (χ1v) is 6.89. The van der Waals surface area contributed by atoms with Gasteiger partial charge in [0.2, 0.25) is 11.8 Å². The largest absolute Gasteiger partial charge is 0.340 e. The summed E-state index contributed by atoms with van der Waals surface area (Å²) in [5.74, 6) is -0.155. The van der Waals surface area contributed by atoms with Crippen LogP contribution in [0.3, 0.4) is 0 Å². The van der Waals surface area contributed by atoms with Gasteiger partial charge in [-0.15, -0.1) is 5.10 Å². The first-order valence-electron chi connectivity index (χ1n) is 6.89. The molecule has 2 heterocycles. The predicted molar refractivity (Wildman–Crippen MR) is 72.5 cm³/mol. The maximum Gasteiger partial charge on any atom is 0.249 e. The van der Waals surface area contributed by atoms with Crippen molar-refractivity contribution in [3.63, 3.8) is 0 Å². The molecule has 0 radical (unpaired) electrons. The summed E-state index contributed by atoms with van der Waals surface area (Å²) in [7, 11) is 1.77. The van der Waals surface area contributed by atoms with Gasteiger partial charge in [-0.25, -0.2) is 0 Å². The summed E-state index contributed by atoms with van der Waals surface area (Å²) >= 11 is 0. The quantitative estimate of drug-likeness (QED) is 0.855. The Hall–Kier alpha value is -1.92. The van der Waals surface area contributed by atoms with E-state index in [0.717, 1.165) is 0 Å². The third-order valence-corrected chi connectivity index (χ3v) is 3.89. The zero-order chi connectivity index (χ0) is 14.9. The lowest BCUT2D eigenvalue weighted by Gasteiger charge is -2.43. The van der Waals surface area contributed by atoms with Crippen LogP contribution < -0.4 is 5.32 Å². The molecule has 0 bridgehead atoms. The summed E-state index contributed by atoms with van der Waals surface area (Å²) in [6.07, 6.45) is 2.90. The Morgan fingerprint density at radius 2 is 2.10 bits per heavy atom. The molecule has 2 amide bonds. The van der Waals surface area contributed by atoms with E-state index in [1.165, 1.54) is 0 Å². The zero-order valence-electron chi connectivity index (χ0n) is 12.4. The van der Waals surface area contributed by atoms with Crippen molar-refractivity contribution < 1.29 is 9.59 Å². The molecule has 1 aromatic rings. The number of piperazine rings is 1. The smallest absolute Gasteiger partial charge is 0.249 e. The van der Waals surface area contributed by atoms with Gasteiger partial charge in [0, 0.05) is 13.2 Å². The highest BCUT2D eigenvalue weighted by Gasteiger charge is 2.46. The second-order valence-electron chi connectivity index (χ2n) is 5.42. The van der Waals surface area contributed by atoms with Gasteiger partial charge in [-0.05, 0) is 19.8 Å². The lowest BCUT2D eigenvalue weighted by atomic mass is 9.91. The topological polar surface area (TPSA) is 80.1 Å². The molecular weight excluding hydrogens is 258 g/mol. The van der Waals surface area contributed by atoms with Gasteiger partial charge in [0.1, 0.15) is 17.3 Å². The number of nitrogens with zero attached hydrogens (tertiary/aromatic N) is 4. The summed E-state index contributed by atoms with van der Waals surface area (Å²) in [6, 6.07) is -0.441. The van der Waals surface area contributed by atoms with Crippen LogP contribution in [0.1, 0.15) is 39.3 Å². The highest BCUT2D eigenvalue weighted by molar-refractivity contribution is 5.99. The second kappa shape index (κ2) is 5.22. The molecule has 110 valence electrons. The average molecular weight is 279 g/mol. The molecule has 0 saturated carbocycles. The molecule has 2 rings (SSSR count). The highest BCUT2D eigenvalue weighted by atomic mass is 16.2. The lowest BCUT2D eigenvalue weighted by molar-refractivity contribution is -0.155. The lowest BCUT2D eigenvalue weighted by Crippen LogP contribution is -2.68. The van der Waals surface area contributed by atoms with Gasteiger partial charge in [0.15, 0.2) is 0 Å². The minimum Gasteiger partial charge on any atom is -0.340 e. The van der Waals surface area contributed by atoms with Gasteiger partial charge in [-0.1, -0.05) is 19.1 Å². The van der Waals surface area contributed by atoms with Crippen LogP contribution in [-0.4, -0.2) is 43.3 Å². The van der Waals surface area contributed by atoms with Crippen molar-refractivity contribution in [3.8, 4) is 0 Å². The van der Waals surface area contributed by atoms with E-state index in [-0.39, 0.29) is 11.8 Å². The van der Waals surface area contributed by atoms with Crippen LogP contribution in [0.25, 0.3) is 0 Å². The number of amides is 2. The van der Waals surface area contributed by atoms with E-state index < -0.39 is 11.6 Å².